The number of hydrogen-bond donors (Lipinski definition) is 2. The van der Waals surface area contributed by atoms with Gasteiger partial charge in [0, 0.05) is 43.8 Å². The predicted octanol–water partition coefficient (Wildman–Crippen LogP) is -0.198. The maximum Gasteiger partial charge on any atom is 0.350 e. The number of nitrogen functional groups attached to an aromatic ring is 1. The topological polar surface area (TPSA) is 121 Å². The van der Waals surface area contributed by atoms with Gasteiger partial charge in [0.05, 0.1) is 17.8 Å². The zero-order valence-electron chi connectivity index (χ0n) is 16.3. The van der Waals surface area contributed by atoms with Gasteiger partial charge in [-0.2, -0.15) is 9.07 Å². The molecule has 29 heavy (non-hydrogen) atoms. The standard InChI is InChI=1S/C18H24F2N6O3/c1-8-14-13(17(27)26(22)18(28)25(14)9-3-4-9)23-16(20)15(8)24-5-10(11(19)6-24)12(21)7-29-2/h9-12H,3-7,21-22H2,1-2H3. The molecule has 3 atom stereocenters. The minimum Gasteiger partial charge on any atom is -0.383 e. The molecule has 2 aromatic heterocycles. The van der Waals surface area contributed by atoms with Crippen molar-refractivity contribution < 1.29 is 13.5 Å². The monoisotopic (exact) mass is 410 g/mol. The van der Waals surface area contributed by atoms with E-state index in [0.29, 0.717) is 10.2 Å². The lowest BCUT2D eigenvalue weighted by molar-refractivity contribution is 0.138. The quantitative estimate of drug-likeness (QED) is 0.517. The van der Waals surface area contributed by atoms with Crippen LogP contribution in [-0.2, 0) is 4.74 Å². The first-order valence-electron chi connectivity index (χ1n) is 9.52. The number of hydrogen-bond acceptors (Lipinski definition) is 7. The van der Waals surface area contributed by atoms with Crippen molar-refractivity contribution in [2.45, 2.75) is 38.0 Å². The minimum atomic E-state index is -1.27. The van der Waals surface area contributed by atoms with Crippen molar-refractivity contribution >= 4 is 16.7 Å². The number of nitrogens with two attached hydrogens (primary N) is 2. The number of ether oxygens (including phenoxy) is 1. The Morgan fingerprint density at radius 1 is 1.31 bits per heavy atom. The van der Waals surface area contributed by atoms with E-state index in [4.69, 9.17) is 16.3 Å². The third-order valence-electron chi connectivity index (χ3n) is 5.84. The summed E-state index contributed by atoms with van der Waals surface area (Å²) in [6, 6.07) is -0.652. The van der Waals surface area contributed by atoms with Crippen molar-refractivity contribution in [1.82, 2.24) is 14.2 Å². The molecule has 4 N–H and O–H groups in total. The predicted molar refractivity (Wildman–Crippen MR) is 104 cm³/mol. The van der Waals surface area contributed by atoms with Crippen LogP contribution in [0.25, 0.3) is 11.0 Å². The second-order valence-corrected chi connectivity index (χ2v) is 7.84. The van der Waals surface area contributed by atoms with Crippen LogP contribution in [0, 0.1) is 18.8 Å². The van der Waals surface area contributed by atoms with Crippen LogP contribution in [0.15, 0.2) is 9.59 Å². The smallest absolute Gasteiger partial charge is 0.350 e. The normalized spacial score (nSPS) is 23.1. The van der Waals surface area contributed by atoms with E-state index in [1.807, 2.05) is 0 Å². The molecule has 1 aliphatic heterocycles. The highest BCUT2D eigenvalue weighted by atomic mass is 19.1. The Bertz CT molecular complexity index is 1080. The van der Waals surface area contributed by atoms with Gasteiger partial charge < -0.3 is 21.2 Å². The number of halogens is 2. The average Bonchev–Trinajstić information content (AvgIpc) is 3.43. The van der Waals surface area contributed by atoms with Crippen molar-refractivity contribution in [3.63, 3.8) is 0 Å². The molecule has 0 bridgehead atoms. The Kier molecular flexibility index (Phi) is 4.82. The Morgan fingerprint density at radius 3 is 2.62 bits per heavy atom. The third-order valence-corrected chi connectivity index (χ3v) is 5.84. The van der Waals surface area contributed by atoms with Crippen LogP contribution in [0.2, 0.25) is 0 Å². The molecular formula is C18H24F2N6O3. The van der Waals surface area contributed by atoms with Crippen LogP contribution in [0.3, 0.4) is 0 Å². The summed E-state index contributed by atoms with van der Waals surface area (Å²) in [4.78, 5) is 30.4. The molecule has 1 saturated carbocycles. The van der Waals surface area contributed by atoms with Crippen molar-refractivity contribution in [3.05, 3.63) is 32.3 Å². The third kappa shape index (κ3) is 3.08. The van der Waals surface area contributed by atoms with Crippen molar-refractivity contribution in [2.75, 3.05) is 37.5 Å². The first-order chi connectivity index (χ1) is 13.8. The van der Waals surface area contributed by atoms with Gasteiger partial charge in [0.2, 0.25) is 5.95 Å². The van der Waals surface area contributed by atoms with Crippen LogP contribution in [0.4, 0.5) is 14.5 Å². The maximum absolute atomic E-state index is 15.0. The van der Waals surface area contributed by atoms with Crippen molar-refractivity contribution in [3.8, 4) is 0 Å². The molecule has 11 heteroatoms. The van der Waals surface area contributed by atoms with E-state index >= 15 is 0 Å². The van der Waals surface area contributed by atoms with Crippen LogP contribution in [0.5, 0.6) is 0 Å². The van der Waals surface area contributed by atoms with Gasteiger partial charge in [-0.3, -0.25) is 9.36 Å². The Labute approximate surface area is 164 Å². The van der Waals surface area contributed by atoms with Crippen LogP contribution in [-0.4, -0.2) is 53.2 Å². The number of rotatable bonds is 5. The fourth-order valence-electron chi connectivity index (χ4n) is 4.24. The van der Waals surface area contributed by atoms with Gasteiger partial charge in [0.1, 0.15) is 6.17 Å². The molecule has 3 unspecified atom stereocenters. The molecule has 0 radical (unpaired) electrons. The van der Waals surface area contributed by atoms with Gasteiger partial charge in [-0.05, 0) is 19.8 Å². The first kappa shape index (κ1) is 19.8. The second kappa shape index (κ2) is 7.06. The lowest BCUT2D eigenvalue weighted by Gasteiger charge is -2.24. The van der Waals surface area contributed by atoms with Crippen LogP contribution < -0.4 is 27.7 Å². The Hall–Kier alpha value is -2.53. The number of aryl methyl sites for hydroxylation is 1. The summed E-state index contributed by atoms with van der Waals surface area (Å²) in [5.74, 6) is 4.16. The molecule has 2 fully saturated rings. The molecule has 3 heterocycles. The minimum absolute atomic E-state index is 0.0609. The molecule has 4 rings (SSSR count). The molecule has 2 aliphatic rings. The Morgan fingerprint density at radius 2 is 2.00 bits per heavy atom. The summed E-state index contributed by atoms with van der Waals surface area (Å²) in [6.07, 6.45) is 0.241. The molecule has 1 aliphatic carbocycles. The maximum atomic E-state index is 15.0. The SMILES string of the molecule is COCC(N)C1CN(c2c(F)nc3c(=O)n(N)c(=O)n(C4CC4)c3c2C)CC1F. The van der Waals surface area contributed by atoms with Gasteiger partial charge in [-0.1, -0.05) is 0 Å². The fraction of sp³-hybridized carbons (Fsp3) is 0.611. The molecular weight excluding hydrogens is 386 g/mol. The fourth-order valence-corrected chi connectivity index (χ4v) is 4.24. The van der Waals surface area contributed by atoms with E-state index in [9.17, 15) is 18.4 Å². The first-order valence-corrected chi connectivity index (χ1v) is 9.52. The van der Waals surface area contributed by atoms with E-state index in [1.165, 1.54) is 16.6 Å². The molecule has 0 spiro atoms. The zero-order valence-corrected chi connectivity index (χ0v) is 16.3. The van der Waals surface area contributed by atoms with Gasteiger partial charge in [-0.15, -0.1) is 0 Å². The van der Waals surface area contributed by atoms with E-state index in [-0.39, 0.29) is 42.5 Å². The largest absolute Gasteiger partial charge is 0.383 e. The molecule has 0 amide bonds. The summed E-state index contributed by atoms with van der Waals surface area (Å²) in [5.41, 5.74) is 4.97. The summed E-state index contributed by atoms with van der Waals surface area (Å²) in [7, 11) is 1.48. The number of fused-ring (bicyclic) bond motifs is 1. The van der Waals surface area contributed by atoms with E-state index in [0.717, 1.165) is 12.8 Å². The molecule has 9 nitrogen and oxygen atoms in total. The zero-order chi connectivity index (χ0) is 21.0. The molecule has 1 saturated heterocycles. The summed E-state index contributed by atoms with van der Waals surface area (Å²) in [6.45, 7) is 1.91. The second-order valence-electron chi connectivity index (χ2n) is 7.84. The molecule has 0 aromatic carbocycles. The summed E-state index contributed by atoms with van der Waals surface area (Å²) < 4.78 is 36.5. The highest BCUT2D eigenvalue weighted by molar-refractivity contribution is 5.83. The molecule has 158 valence electrons. The summed E-state index contributed by atoms with van der Waals surface area (Å²) >= 11 is 0. The number of anilines is 1. The number of methoxy groups -OCH3 is 1. The van der Waals surface area contributed by atoms with Crippen molar-refractivity contribution in [1.29, 1.82) is 0 Å². The average molecular weight is 410 g/mol. The highest BCUT2D eigenvalue weighted by Gasteiger charge is 2.39. The Balaban J connectivity index is 1.87. The van der Waals surface area contributed by atoms with Crippen molar-refractivity contribution in [2.24, 2.45) is 11.7 Å². The van der Waals surface area contributed by atoms with Gasteiger partial charge in [-0.25, -0.2) is 14.2 Å². The van der Waals surface area contributed by atoms with Crippen LogP contribution >= 0.6 is 0 Å². The summed E-state index contributed by atoms with van der Waals surface area (Å²) in [5, 5.41) is 0. The van der Waals surface area contributed by atoms with Gasteiger partial charge >= 0.3 is 11.2 Å². The number of alkyl halides is 1. The highest BCUT2D eigenvalue weighted by Crippen LogP contribution is 2.38. The van der Waals surface area contributed by atoms with Gasteiger partial charge in [0.25, 0.3) is 0 Å². The number of pyridine rings is 1. The van der Waals surface area contributed by atoms with E-state index < -0.39 is 35.3 Å². The lowest BCUT2D eigenvalue weighted by atomic mass is 9.99. The number of aromatic nitrogens is 3. The van der Waals surface area contributed by atoms with Crippen LogP contribution in [0.1, 0.15) is 24.4 Å². The van der Waals surface area contributed by atoms with E-state index in [1.54, 1.807) is 6.92 Å². The van der Waals surface area contributed by atoms with Gasteiger partial charge in [0.15, 0.2) is 5.52 Å². The molecule has 2 aromatic rings. The lowest BCUT2D eigenvalue weighted by Crippen LogP contribution is -2.45. The van der Waals surface area contributed by atoms with E-state index in [2.05, 4.69) is 4.98 Å². The number of nitrogens with zero attached hydrogens (tertiary/aromatic N) is 4.